The van der Waals surface area contributed by atoms with E-state index in [2.05, 4.69) is 26.1 Å². The number of piperidine rings is 1. The number of hydrogen-bond donors (Lipinski definition) is 1. The normalized spacial score (nSPS) is 19.0. The third kappa shape index (κ3) is 2.29. The van der Waals surface area contributed by atoms with Gasteiger partial charge in [-0.3, -0.25) is 0 Å². The van der Waals surface area contributed by atoms with Crippen molar-refractivity contribution >= 4 is 0 Å². The second-order valence-electron chi connectivity index (χ2n) is 5.73. The van der Waals surface area contributed by atoms with E-state index in [0.29, 0.717) is 5.92 Å². The van der Waals surface area contributed by atoms with Crippen LogP contribution in [0.5, 0.6) is 0 Å². The minimum atomic E-state index is 0.00985. The fraction of sp³-hybridized carbons (Fsp3) is 0.769. The van der Waals surface area contributed by atoms with Crippen molar-refractivity contribution in [3.05, 3.63) is 17.3 Å². The van der Waals surface area contributed by atoms with Crippen molar-refractivity contribution in [1.29, 1.82) is 0 Å². The fourth-order valence-corrected chi connectivity index (χ4v) is 2.20. The van der Waals surface area contributed by atoms with Gasteiger partial charge < -0.3 is 9.73 Å². The molecule has 0 amide bonds. The summed E-state index contributed by atoms with van der Waals surface area (Å²) in [6.45, 7) is 10.7. The summed E-state index contributed by atoms with van der Waals surface area (Å²) in [6, 6.07) is 0. The van der Waals surface area contributed by atoms with Gasteiger partial charge in [0.15, 0.2) is 5.89 Å². The first-order chi connectivity index (χ1) is 7.48. The summed E-state index contributed by atoms with van der Waals surface area (Å²) in [7, 11) is 0. The summed E-state index contributed by atoms with van der Waals surface area (Å²) in [5, 5.41) is 3.38. The Hall–Kier alpha value is -0.830. The van der Waals surface area contributed by atoms with E-state index in [4.69, 9.17) is 9.40 Å². The molecule has 16 heavy (non-hydrogen) atoms. The van der Waals surface area contributed by atoms with Crippen molar-refractivity contribution in [1.82, 2.24) is 10.3 Å². The molecular formula is C13H22N2O. The molecule has 0 spiro atoms. The second-order valence-corrected chi connectivity index (χ2v) is 5.73. The van der Waals surface area contributed by atoms with Crippen LogP contribution >= 0.6 is 0 Å². The summed E-state index contributed by atoms with van der Waals surface area (Å²) in [5.74, 6) is 2.47. The minimum Gasteiger partial charge on any atom is -0.445 e. The van der Waals surface area contributed by atoms with Gasteiger partial charge in [-0.1, -0.05) is 20.8 Å². The maximum Gasteiger partial charge on any atom is 0.200 e. The molecule has 0 aromatic carbocycles. The predicted octanol–water partition coefficient (Wildman–Crippen LogP) is 2.75. The molecule has 0 bridgehead atoms. The molecule has 0 aliphatic carbocycles. The fourth-order valence-electron chi connectivity index (χ4n) is 2.20. The molecule has 1 fully saturated rings. The number of aryl methyl sites for hydroxylation is 1. The van der Waals surface area contributed by atoms with E-state index in [1.807, 2.05) is 6.92 Å². The van der Waals surface area contributed by atoms with E-state index >= 15 is 0 Å². The molecule has 3 heteroatoms. The van der Waals surface area contributed by atoms with Crippen molar-refractivity contribution in [2.24, 2.45) is 0 Å². The van der Waals surface area contributed by atoms with Crippen molar-refractivity contribution in [2.45, 2.75) is 51.9 Å². The molecule has 3 nitrogen and oxygen atoms in total. The Bertz CT molecular complexity index is 356. The molecule has 1 aromatic rings. The highest BCUT2D eigenvalue weighted by Crippen LogP contribution is 2.31. The van der Waals surface area contributed by atoms with E-state index in [1.165, 1.54) is 18.5 Å². The number of nitrogens with zero attached hydrogens (tertiary/aromatic N) is 1. The molecule has 0 atom stereocenters. The summed E-state index contributed by atoms with van der Waals surface area (Å²) in [4.78, 5) is 4.71. The number of aromatic nitrogens is 1. The van der Waals surface area contributed by atoms with Crippen LogP contribution in [0.4, 0.5) is 0 Å². The molecule has 90 valence electrons. The molecule has 0 unspecified atom stereocenters. The summed E-state index contributed by atoms with van der Waals surface area (Å²) >= 11 is 0. The van der Waals surface area contributed by atoms with Crippen LogP contribution in [0, 0.1) is 6.92 Å². The molecule has 0 saturated carbocycles. The first kappa shape index (κ1) is 11.6. The first-order valence-corrected chi connectivity index (χ1v) is 6.17. The van der Waals surface area contributed by atoms with Crippen molar-refractivity contribution in [2.75, 3.05) is 13.1 Å². The predicted molar refractivity (Wildman–Crippen MR) is 64.8 cm³/mol. The zero-order chi connectivity index (χ0) is 11.8. The number of rotatable bonds is 1. The van der Waals surface area contributed by atoms with Gasteiger partial charge in [0, 0.05) is 11.3 Å². The SMILES string of the molecule is Cc1oc(C(C)(C)C)nc1C1CCNCC1. The maximum absolute atomic E-state index is 5.80. The Kier molecular flexibility index (Phi) is 3.06. The number of oxazole rings is 1. The van der Waals surface area contributed by atoms with Crippen LogP contribution in [-0.4, -0.2) is 18.1 Å². The van der Waals surface area contributed by atoms with E-state index in [9.17, 15) is 0 Å². The monoisotopic (exact) mass is 222 g/mol. The van der Waals surface area contributed by atoms with Crippen molar-refractivity contribution in [3.8, 4) is 0 Å². The Morgan fingerprint density at radius 3 is 2.38 bits per heavy atom. The van der Waals surface area contributed by atoms with Crippen LogP contribution < -0.4 is 5.32 Å². The lowest BCUT2D eigenvalue weighted by Crippen LogP contribution is -2.27. The van der Waals surface area contributed by atoms with Gasteiger partial charge in [-0.15, -0.1) is 0 Å². The van der Waals surface area contributed by atoms with Gasteiger partial charge in [0.05, 0.1) is 5.69 Å². The zero-order valence-corrected chi connectivity index (χ0v) is 10.8. The lowest BCUT2D eigenvalue weighted by molar-refractivity contribution is 0.380. The third-order valence-corrected chi connectivity index (χ3v) is 3.20. The standard InChI is InChI=1S/C13H22N2O/c1-9-11(10-5-7-14-8-6-10)15-12(16-9)13(2,3)4/h10,14H,5-8H2,1-4H3. The molecule has 1 aliphatic heterocycles. The Balaban J connectivity index is 2.24. The Morgan fingerprint density at radius 1 is 1.25 bits per heavy atom. The molecule has 2 rings (SSSR count). The number of hydrogen-bond acceptors (Lipinski definition) is 3. The Labute approximate surface area is 97.6 Å². The highest BCUT2D eigenvalue weighted by molar-refractivity contribution is 5.17. The van der Waals surface area contributed by atoms with E-state index in [0.717, 1.165) is 24.7 Å². The maximum atomic E-state index is 5.80. The van der Waals surface area contributed by atoms with Crippen LogP contribution in [0.1, 0.15) is 56.9 Å². The summed E-state index contributed by atoms with van der Waals surface area (Å²) in [5.41, 5.74) is 1.20. The smallest absolute Gasteiger partial charge is 0.200 e. The topological polar surface area (TPSA) is 38.1 Å². The summed E-state index contributed by atoms with van der Waals surface area (Å²) < 4.78 is 5.80. The van der Waals surface area contributed by atoms with Gasteiger partial charge in [-0.05, 0) is 32.9 Å². The molecule has 1 N–H and O–H groups in total. The molecule has 0 radical (unpaired) electrons. The van der Waals surface area contributed by atoms with Crippen LogP contribution in [0.15, 0.2) is 4.42 Å². The lowest BCUT2D eigenvalue weighted by Gasteiger charge is -2.21. The van der Waals surface area contributed by atoms with Crippen LogP contribution in [0.3, 0.4) is 0 Å². The molecule has 1 saturated heterocycles. The average Bonchev–Trinajstić information content (AvgIpc) is 2.61. The van der Waals surface area contributed by atoms with E-state index in [1.54, 1.807) is 0 Å². The van der Waals surface area contributed by atoms with Crippen LogP contribution in [0.25, 0.3) is 0 Å². The van der Waals surface area contributed by atoms with Gasteiger partial charge in [0.1, 0.15) is 5.76 Å². The van der Waals surface area contributed by atoms with Crippen molar-refractivity contribution < 1.29 is 4.42 Å². The van der Waals surface area contributed by atoms with Crippen molar-refractivity contribution in [3.63, 3.8) is 0 Å². The molecule has 1 aromatic heterocycles. The number of nitrogens with one attached hydrogen (secondary N) is 1. The molecular weight excluding hydrogens is 200 g/mol. The molecule has 1 aliphatic rings. The lowest BCUT2D eigenvalue weighted by atomic mass is 9.93. The highest BCUT2D eigenvalue weighted by Gasteiger charge is 2.26. The molecule has 2 heterocycles. The van der Waals surface area contributed by atoms with Gasteiger partial charge in [0.25, 0.3) is 0 Å². The van der Waals surface area contributed by atoms with Gasteiger partial charge in [-0.25, -0.2) is 4.98 Å². The third-order valence-electron chi connectivity index (χ3n) is 3.20. The van der Waals surface area contributed by atoms with Gasteiger partial charge in [0.2, 0.25) is 0 Å². The Morgan fingerprint density at radius 2 is 1.88 bits per heavy atom. The van der Waals surface area contributed by atoms with E-state index < -0.39 is 0 Å². The van der Waals surface area contributed by atoms with Gasteiger partial charge in [-0.2, -0.15) is 0 Å². The van der Waals surface area contributed by atoms with E-state index in [-0.39, 0.29) is 5.41 Å². The average molecular weight is 222 g/mol. The summed E-state index contributed by atoms with van der Waals surface area (Å²) in [6.07, 6.45) is 2.36. The quantitative estimate of drug-likeness (QED) is 0.794. The van der Waals surface area contributed by atoms with Crippen LogP contribution in [-0.2, 0) is 5.41 Å². The first-order valence-electron chi connectivity index (χ1n) is 6.17. The largest absolute Gasteiger partial charge is 0.445 e. The zero-order valence-electron chi connectivity index (χ0n) is 10.8. The van der Waals surface area contributed by atoms with Crippen LogP contribution in [0.2, 0.25) is 0 Å². The minimum absolute atomic E-state index is 0.00985. The second kappa shape index (κ2) is 4.21. The highest BCUT2D eigenvalue weighted by atomic mass is 16.4. The van der Waals surface area contributed by atoms with Gasteiger partial charge >= 0.3 is 0 Å².